The first-order valence-electron chi connectivity index (χ1n) is 7.07. The van der Waals surface area contributed by atoms with Crippen LogP contribution >= 0.6 is 0 Å². The summed E-state index contributed by atoms with van der Waals surface area (Å²) in [5.41, 5.74) is 1.15. The molecule has 2 aliphatic rings. The molecule has 3 rings (SSSR count). The van der Waals surface area contributed by atoms with Crippen LogP contribution in [0.2, 0.25) is 0 Å². The molecular weight excluding hydrogens is 250 g/mol. The summed E-state index contributed by atoms with van der Waals surface area (Å²) in [6.45, 7) is 7.14. The van der Waals surface area contributed by atoms with Gasteiger partial charge in [-0.3, -0.25) is 4.79 Å². The van der Waals surface area contributed by atoms with Gasteiger partial charge in [0.2, 0.25) is 0 Å². The molecule has 2 saturated heterocycles. The first-order chi connectivity index (χ1) is 9.54. The number of likely N-dealkylation sites (tertiary alicyclic amines) is 1. The Bertz CT molecular complexity index is 570. The molecule has 0 bridgehead atoms. The zero-order valence-corrected chi connectivity index (χ0v) is 11.9. The number of rotatable bonds is 1. The van der Waals surface area contributed by atoms with Crippen LogP contribution in [0.1, 0.15) is 29.8 Å². The Morgan fingerprint density at radius 1 is 1.35 bits per heavy atom. The molecule has 2 fully saturated rings. The van der Waals surface area contributed by atoms with Crippen molar-refractivity contribution in [1.29, 1.82) is 5.26 Å². The van der Waals surface area contributed by atoms with Crippen molar-refractivity contribution in [2.45, 2.75) is 19.4 Å². The van der Waals surface area contributed by atoms with Crippen LogP contribution in [0.5, 0.6) is 0 Å². The van der Waals surface area contributed by atoms with Crippen molar-refractivity contribution >= 4 is 5.91 Å². The molecule has 2 atom stereocenters. The molecule has 104 valence electrons. The summed E-state index contributed by atoms with van der Waals surface area (Å²) in [6, 6.07) is 9.00. The molecule has 0 saturated carbocycles. The van der Waals surface area contributed by atoms with Crippen molar-refractivity contribution in [3.8, 4) is 6.07 Å². The topological polar surface area (TPSA) is 56.1 Å². The van der Waals surface area contributed by atoms with Crippen LogP contribution in [0.4, 0.5) is 0 Å². The predicted molar refractivity (Wildman–Crippen MR) is 76.1 cm³/mol. The number of carbonyl (C=O) groups is 1. The van der Waals surface area contributed by atoms with Gasteiger partial charge < -0.3 is 10.2 Å². The Morgan fingerprint density at radius 3 is 2.65 bits per heavy atom. The van der Waals surface area contributed by atoms with Crippen LogP contribution in [0.15, 0.2) is 24.3 Å². The lowest BCUT2D eigenvalue weighted by Crippen LogP contribution is -2.47. The largest absolute Gasteiger partial charge is 0.333 e. The van der Waals surface area contributed by atoms with Crippen LogP contribution in [-0.4, -0.2) is 36.0 Å². The summed E-state index contributed by atoms with van der Waals surface area (Å²) in [5, 5.41) is 12.2. The lowest BCUT2D eigenvalue weighted by atomic mass is 9.84. The van der Waals surface area contributed by atoms with Gasteiger partial charge in [0, 0.05) is 30.7 Å². The number of nitriles is 1. The zero-order chi connectivity index (χ0) is 14.3. The smallest absolute Gasteiger partial charge is 0.254 e. The summed E-state index contributed by atoms with van der Waals surface area (Å²) < 4.78 is 0. The summed E-state index contributed by atoms with van der Waals surface area (Å²) in [4.78, 5) is 14.7. The third kappa shape index (κ3) is 1.90. The second-order valence-electron chi connectivity index (χ2n) is 6.28. The van der Waals surface area contributed by atoms with Gasteiger partial charge in [0.05, 0.1) is 11.6 Å². The molecule has 2 heterocycles. The molecule has 1 aromatic carbocycles. The van der Waals surface area contributed by atoms with E-state index in [1.165, 1.54) is 0 Å². The molecule has 2 aliphatic heterocycles. The first kappa shape index (κ1) is 13.1. The summed E-state index contributed by atoms with van der Waals surface area (Å²) in [5.74, 6) is 1.17. The molecule has 1 amide bonds. The number of nitrogens with one attached hydrogen (secondary N) is 1. The molecule has 4 heteroatoms. The Morgan fingerprint density at radius 2 is 2.05 bits per heavy atom. The van der Waals surface area contributed by atoms with Crippen molar-refractivity contribution in [2.24, 2.45) is 11.8 Å². The Balaban J connectivity index is 1.85. The van der Waals surface area contributed by atoms with Gasteiger partial charge in [-0.05, 0) is 49.9 Å². The summed E-state index contributed by atoms with van der Waals surface area (Å²) >= 11 is 0. The van der Waals surface area contributed by atoms with Crippen molar-refractivity contribution in [3.05, 3.63) is 35.4 Å². The third-order valence-corrected chi connectivity index (χ3v) is 4.87. The van der Waals surface area contributed by atoms with Crippen LogP contribution in [-0.2, 0) is 0 Å². The quantitative estimate of drug-likeness (QED) is 0.843. The van der Waals surface area contributed by atoms with E-state index in [1.54, 1.807) is 24.3 Å². The van der Waals surface area contributed by atoms with Gasteiger partial charge in [-0.15, -0.1) is 0 Å². The highest BCUT2D eigenvalue weighted by atomic mass is 16.2. The average molecular weight is 269 g/mol. The number of hydrogen-bond donors (Lipinski definition) is 1. The summed E-state index contributed by atoms with van der Waals surface area (Å²) in [6.07, 6.45) is 0. The minimum absolute atomic E-state index is 0.0777. The Kier molecular flexibility index (Phi) is 3.02. The van der Waals surface area contributed by atoms with Crippen LogP contribution in [0, 0.1) is 23.2 Å². The lowest BCUT2D eigenvalue weighted by molar-refractivity contribution is 0.0603. The Hall–Kier alpha value is -1.86. The lowest BCUT2D eigenvalue weighted by Gasteiger charge is -2.35. The molecule has 0 aliphatic carbocycles. The number of fused-ring (bicyclic) bond motifs is 1. The van der Waals surface area contributed by atoms with Gasteiger partial charge in [0.25, 0.3) is 5.91 Å². The standard InChI is InChI=1S/C16H19N3O/c1-16(2)14-9-18-8-13(14)10-19(16)15(20)12-5-3-11(7-17)4-6-12/h3-6,13-14,18H,8-10H2,1-2H3. The Labute approximate surface area is 119 Å². The molecule has 0 spiro atoms. The van der Waals surface area contributed by atoms with E-state index in [2.05, 4.69) is 25.2 Å². The normalized spacial score (nSPS) is 27.1. The van der Waals surface area contributed by atoms with E-state index >= 15 is 0 Å². The highest BCUT2D eigenvalue weighted by molar-refractivity contribution is 5.95. The van der Waals surface area contributed by atoms with Gasteiger partial charge in [-0.25, -0.2) is 0 Å². The third-order valence-electron chi connectivity index (χ3n) is 4.87. The maximum absolute atomic E-state index is 12.7. The minimum atomic E-state index is -0.112. The maximum atomic E-state index is 12.7. The molecule has 1 N–H and O–H groups in total. The second-order valence-corrected chi connectivity index (χ2v) is 6.28. The highest BCUT2D eigenvalue weighted by Gasteiger charge is 2.51. The van der Waals surface area contributed by atoms with Crippen LogP contribution < -0.4 is 5.32 Å². The van der Waals surface area contributed by atoms with Crippen molar-refractivity contribution in [2.75, 3.05) is 19.6 Å². The van der Waals surface area contributed by atoms with Crippen molar-refractivity contribution in [3.63, 3.8) is 0 Å². The molecule has 0 aromatic heterocycles. The van der Waals surface area contributed by atoms with Gasteiger partial charge in [0.15, 0.2) is 0 Å². The number of carbonyl (C=O) groups excluding carboxylic acids is 1. The van der Waals surface area contributed by atoms with Crippen molar-refractivity contribution < 1.29 is 4.79 Å². The van der Waals surface area contributed by atoms with Crippen LogP contribution in [0.3, 0.4) is 0 Å². The monoisotopic (exact) mass is 269 g/mol. The number of amides is 1. The summed E-state index contributed by atoms with van der Waals surface area (Å²) in [7, 11) is 0. The second kappa shape index (κ2) is 4.60. The van der Waals surface area contributed by atoms with E-state index in [1.807, 2.05) is 4.90 Å². The van der Waals surface area contributed by atoms with E-state index in [0.29, 0.717) is 23.0 Å². The fraction of sp³-hybridized carbons (Fsp3) is 0.500. The molecule has 20 heavy (non-hydrogen) atoms. The molecule has 1 aromatic rings. The predicted octanol–water partition coefficient (Wildman–Crippen LogP) is 1.63. The average Bonchev–Trinajstić information content (AvgIpc) is 3.01. The number of benzene rings is 1. The molecule has 0 radical (unpaired) electrons. The maximum Gasteiger partial charge on any atom is 0.254 e. The fourth-order valence-electron chi connectivity index (χ4n) is 3.61. The van der Waals surface area contributed by atoms with Gasteiger partial charge >= 0.3 is 0 Å². The SMILES string of the molecule is CC1(C)C2CNCC2CN1C(=O)c1ccc(C#N)cc1. The van der Waals surface area contributed by atoms with Gasteiger partial charge in [-0.1, -0.05) is 0 Å². The zero-order valence-electron chi connectivity index (χ0n) is 11.9. The number of nitrogens with zero attached hydrogens (tertiary/aromatic N) is 2. The molecular formula is C16H19N3O. The van der Waals surface area contributed by atoms with E-state index in [0.717, 1.165) is 19.6 Å². The first-order valence-corrected chi connectivity index (χ1v) is 7.07. The van der Waals surface area contributed by atoms with E-state index < -0.39 is 0 Å². The van der Waals surface area contributed by atoms with Gasteiger partial charge in [0.1, 0.15) is 0 Å². The minimum Gasteiger partial charge on any atom is -0.333 e. The van der Waals surface area contributed by atoms with E-state index in [9.17, 15) is 4.79 Å². The van der Waals surface area contributed by atoms with E-state index in [-0.39, 0.29) is 11.4 Å². The van der Waals surface area contributed by atoms with Crippen LogP contribution in [0.25, 0.3) is 0 Å². The van der Waals surface area contributed by atoms with E-state index in [4.69, 9.17) is 5.26 Å². The fourth-order valence-corrected chi connectivity index (χ4v) is 3.61. The van der Waals surface area contributed by atoms with Crippen molar-refractivity contribution in [1.82, 2.24) is 10.2 Å². The molecule has 2 unspecified atom stereocenters. The highest BCUT2D eigenvalue weighted by Crippen LogP contribution is 2.41. The number of hydrogen-bond acceptors (Lipinski definition) is 3. The molecule has 4 nitrogen and oxygen atoms in total. The van der Waals surface area contributed by atoms with Gasteiger partial charge in [-0.2, -0.15) is 5.26 Å².